The van der Waals surface area contributed by atoms with Gasteiger partial charge in [0.2, 0.25) is 10.0 Å². The smallest absolute Gasteiger partial charge is 0.253 e. The predicted octanol–water partition coefficient (Wildman–Crippen LogP) is 3.73. The van der Waals surface area contributed by atoms with Crippen molar-refractivity contribution in [1.29, 1.82) is 0 Å². The van der Waals surface area contributed by atoms with Gasteiger partial charge in [-0.1, -0.05) is 42.5 Å². The number of amides is 1. The third-order valence-electron chi connectivity index (χ3n) is 3.91. The SMILES string of the molecule is CS(=O)(=O)Nc1cccc(CNC(=O)c2ccccc2Nc2ccccc2)c1. The van der Waals surface area contributed by atoms with Crippen LogP contribution in [0.2, 0.25) is 0 Å². The van der Waals surface area contributed by atoms with E-state index in [9.17, 15) is 13.2 Å². The van der Waals surface area contributed by atoms with Crippen molar-refractivity contribution in [2.45, 2.75) is 6.54 Å². The van der Waals surface area contributed by atoms with Crippen molar-refractivity contribution in [1.82, 2.24) is 5.32 Å². The van der Waals surface area contributed by atoms with Crippen molar-refractivity contribution in [2.75, 3.05) is 16.3 Å². The summed E-state index contributed by atoms with van der Waals surface area (Å²) < 4.78 is 25.2. The summed E-state index contributed by atoms with van der Waals surface area (Å²) in [5.41, 5.74) is 3.37. The van der Waals surface area contributed by atoms with Gasteiger partial charge >= 0.3 is 0 Å². The van der Waals surface area contributed by atoms with Crippen molar-refractivity contribution >= 4 is 33.0 Å². The van der Waals surface area contributed by atoms with Crippen molar-refractivity contribution in [3.05, 3.63) is 90.0 Å². The van der Waals surface area contributed by atoms with E-state index in [2.05, 4.69) is 15.4 Å². The number of sulfonamides is 1. The zero-order valence-corrected chi connectivity index (χ0v) is 16.2. The number of hydrogen-bond acceptors (Lipinski definition) is 4. The number of carbonyl (C=O) groups excluding carboxylic acids is 1. The zero-order valence-electron chi connectivity index (χ0n) is 15.3. The first-order chi connectivity index (χ1) is 13.4. The van der Waals surface area contributed by atoms with Crippen LogP contribution < -0.4 is 15.4 Å². The Kier molecular flexibility index (Phi) is 5.96. The van der Waals surface area contributed by atoms with Gasteiger partial charge in [-0.05, 0) is 42.0 Å². The lowest BCUT2D eigenvalue weighted by Crippen LogP contribution is -2.23. The average molecular weight is 395 g/mol. The van der Waals surface area contributed by atoms with E-state index >= 15 is 0 Å². The maximum absolute atomic E-state index is 12.7. The van der Waals surface area contributed by atoms with E-state index in [-0.39, 0.29) is 12.5 Å². The second kappa shape index (κ2) is 8.58. The van der Waals surface area contributed by atoms with Crippen LogP contribution in [0.25, 0.3) is 0 Å². The van der Waals surface area contributed by atoms with Crippen LogP contribution in [0, 0.1) is 0 Å². The number of rotatable bonds is 7. The number of carbonyl (C=O) groups is 1. The van der Waals surface area contributed by atoms with Crippen LogP contribution in [0.4, 0.5) is 17.1 Å². The number of benzene rings is 3. The molecule has 0 unspecified atom stereocenters. The van der Waals surface area contributed by atoms with E-state index in [1.54, 1.807) is 24.3 Å². The van der Waals surface area contributed by atoms with E-state index in [1.807, 2.05) is 54.6 Å². The van der Waals surface area contributed by atoms with Crippen molar-refractivity contribution in [3.8, 4) is 0 Å². The molecule has 0 fully saturated rings. The Balaban J connectivity index is 1.70. The molecule has 0 aliphatic heterocycles. The summed E-state index contributed by atoms with van der Waals surface area (Å²) in [7, 11) is -3.35. The second-order valence-corrected chi connectivity index (χ2v) is 8.04. The Bertz CT molecular complexity index is 1070. The molecule has 6 nitrogen and oxygen atoms in total. The van der Waals surface area contributed by atoms with E-state index < -0.39 is 10.0 Å². The molecule has 3 rings (SSSR count). The van der Waals surface area contributed by atoms with Gasteiger partial charge in [-0.15, -0.1) is 0 Å². The van der Waals surface area contributed by atoms with Crippen LogP contribution in [0.3, 0.4) is 0 Å². The maximum Gasteiger partial charge on any atom is 0.253 e. The molecule has 3 aromatic carbocycles. The summed E-state index contributed by atoms with van der Waals surface area (Å²) in [6, 6.07) is 23.8. The lowest BCUT2D eigenvalue weighted by atomic mass is 10.1. The number of anilines is 3. The summed E-state index contributed by atoms with van der Waals surface area (Å²) in [6.45, 7) is 0.276. The Hall–Kier alpha value is -3.32. The van der Waals surface area contributed by atoms with Crippen LogP contribution in [0.15, 0.2) is 78.9 Å². The van der Waals surface area contributed by atoms with Gasteiger partial charge in [-0.2, -0.15) is 0 Å². The predicted molar refractivity (Wildman–Crippen MR) is 112 cm³/mol. The highest BCUT2D eigenvalue weighted by atomic mass is 32.2. The Morgan fingerprint density at radius 3 is 2.29 bits per heavy atom. The van der Waals surface area contributed by atoms with Gasteiger partial charge in [0.15, 0.2) is 0 Å². The molecule has 28 heavy (non-hydrogen) atoms. The van der Waals surface area contributed by atoms with Crippen molar-refractivity contribution in [2.24, 2.45) is 0 Å². The highest BCUT2D eigenvalue weighted by molar-refractivity contribution is 7.92. The van der Waals surface area contributed by atoms with Gasteiger partial charge in [0.1, 0.15) is 0 Å². The van der Waals surface area contributed by atoms with Crippen LogP contribution in [0.1, 0.15) is 15.9 Å². The molecule has 144 valence electrons. The van der Waals surface area contributed by atoms with Crippen molar-refractivity contribution < 1.29 is 13.2 Å². The van der Waals surface area contributed by atoms with Crippen LogP contribution in [-0.4, -0.2) is 20.6 Å². The van der Waals surface area contributed by atoms with E-state index in [0.717, 1.165) is 17.5 Å². The first kappa shape index (κ1) is 19.4. The molecule has 0 saturated carbocycles. The molecule has 0 saturated heterocycles. The molecule has 0 spiro atoms. The topological polar surface area (TPSA) is 87.3 Å². The average Bonchev–Trinajstić information content (AvgIpc) is 2.66. The van der Waals surface area contributed by atoms with Gasteiger partial charge in [0.05, 0.1) is 17.5 Å². The highest BCUT2D eigenvalue weighted by Crippen LogP contribution is 2.21. The summed E-state index contributed by atoms with van der Waals surface area (Å²) in [4.78, 5) is 12.7. The molecule has 0 heterocycles. The van der Waals surface area contributed by atoms with Gasteiger partial charge in [-0.25, -0.2) is 8.42 Å². The molecule has 0 aromatic heterocycles. The fourth-order valence-corrected chi connectivity index (χ4v) is 3.26. The molecular weight excluding hydrogens is 374 g/mol. The first-order valence-electron chi connectivity index (χ1n) is 8.67. The van der Waals surface area contributed by atoms with Crippen LogP contribution in [-0.2, 0) is 16.6 Å². The van der Waals surface area contributed by atoms with Crippen LogP contribution >= 0.6 is 0 Å². The Morgan fingerprint density at radius 1 is 0.857 bits per heavy atom. The Morgan fingerprint density at radius 2 is 1.54 bits per heavy atom. The fourth-order valence-electron chi connectivity index (χ4n) is 2.70. The van der Waals surface area contributed by atoms with Gasteiger partial charge in [0.25, 0.3) is 5.91 Å². The molecule has 1 amide bonds. The van der Waals surface area contributed by atoms with E-state index in [1.165, 1.54) is 0 Å². The lowest BCUT2D eigenvalue weighted by Gasteiger charge is -2.13. The second-order valence-electron chi connectivity index (χ2n) is 6.29. The number of hydrogen-bond donors (Lipinski definition) is 3. The minimum atomic E-state index is -3.35. The standard InChI is InChI=1S/C21H21N3O3S/c1-28(26,27)24-18-11-7-8-16(14-18)15-22-21(25)19-12-5-6-13-20(19)23-17-9-3-2-4-10-17/h2-14,23-24H,15H2,1H3,(H,22,25). The van der Waals surface area contributed by atoms with Gasteiger partial charge < -0.3 is 10.6 Å². The third kappa shape index (κ3) is 5.59. The van der Waals surface area contributed by atoms with Crippen molar-refractivity contribution in [3.63, 3.8) is 0 Å². The maximum atomic E-state index is 12.7. The summed E-state index contributed by atoms with van der Waals surface area (Å²) in [5.74, 6) is -0.222. The quantitative estimate of drug-likeness (QED) is 0.569. The Labute approximate surface area is 164 Å². The number of nitrogens with one attached hydrogen (secondary N) is 3. The largest absolute Gasteiger partial charge is 0.355 e. The third-order valence-corrected chi connectivity index (χ3v) is 4.51. The van der Waals surface area contributed by atoms with E-state index in [0.29, 0.717) is 16.9 Å². The summed E-state index contributed by atoms with van der Waals surface area (Å²) >= 11 is 0. The van der Waals surface area contributed by atoms with Crippen LogP contribution in [0.5, 0.6) is 0 Å². The summed E-state index contributed by atoms with van der Waals surface area (Å²) in [5, 5.41) is 6.12. The number of para-hydroxylation sites is 2. The lowest BCUT2D eigenvalue weighted by molar-refractivity contribution is 0.0951. The summed E-state index contributed by atoms with van der Waals surface area (Å²) in [6.07, 6.45) is 1.10. The molecule has 0 bridgehead atoms. The molecule has 0 aliphatic rings. The minimum Gasteiger partial charge on any atom is -0.355 e. The normalized spacial score (nSPS) is 10.9. The fraction of sp³-hybridized carbons (Fsp3) is 0.0952. The van der Waals surface area contributed by atoms with E-state index in [4.69, 9.17) is 0 Å². The zero-order chi connectivity index (χ0) is 20.0. The monoisotopic (exact) mass is 395 g/mol. The van der Waals surface area contributed by atoms with Gasteiger partial charge in [-0.3, -0.25) is 9.52 Å². The molecule has 7 heteroatoms. The minimum absolute atomic E-state index is 0.222. The molecule has 3 aromatic rings. The molecule has 3 N–H and O–H groups in total. The first-order valence-corrected chi connectivity index (χ1v) is 10.6. The molecule has 0 aliphatic carbocycles. The van der Waals surface area contributed by atoms with Gasteiger partial charge in [0, 0.05) is 17.9 Å². The molecule has 0 atom stereocenters. The highest BCUT2D eigenvalue weighted by Gasteiger charge is 2.11. The molecule has 0 radical (unpaired) electrons. The molecular formula is C21H21N3O3S.